The summed E-state index contributed by atoms with van der Waals surface area (Å²) in [6, 6.07) is 16.7. The molecule has 0 saturated heterocycles. The van der Waals surface area contributed by atoms with Crippen LogP contribution in [0, 0.1) is 11.6 Å². The number of esters is 1. The van der Waals surface area contributed by atoms with Crippen molar-refractivity contribution in [2.45, 2.75) is 17.4 Å². The van der Waals surface area contributed by atoms with Gasteiger partial charge in [0.1, 0.15) is 23.2 Å². The SMILES string of the molecule is COC(=O)[C@H](Cc1ccc(-n2c(=O)c3ccncc3n(C)c2=O)cc1)NC(=O)c1c(F)cc(NS(=O)(=O)c2ccc(-n3cccc3)cc2)cc1F. The van der Waals surface area contributed by atoms with E-state index in [1.54, 1.807) is 41.2 Å². The lowest BCUT2D eigenvalue weighted by Gasteiger charge is -2.18. The first-order valence-electron chi connectivity index (χ1n) is 15.2. The van der Waals surface area contributed by atoms with E-state index < -0.39 is 62.1 Å². The first kappa shape index (κ1) is 34.4. The lowest BCUT2D eigenvalue weighted by Crippen LogP contribution is -2.43. The van der Waals surface area contributed by atoms with Gasteiger partial charge in [-0.3, -0.25) is 23.9 Å². The summed E-state index contributed by atoms with van der Waals surface area (Å²) >= 11 is 0. The van der Waals surface area contributed by atoms with E-state index in [1.807, 2.05) is 0 Å². The number of rotatable bonds is 10. The second-order valence-electron chi connectivity index (χ2n) is 11.3. The van der Waals surface area contributed by atoms with Crippen LogP contribution in [0.4, 0.5) is 14.5 Å². The number of anilines is 1. The normalized spacial score (nSPS) is 12.0. The molecule has 0 saturated carbocycles. The molecule has 51 heavy (non-hydrogen) atoms. The zero-order chi connectivity index (χ0) is 36.4. The number of nitrogens with zero attached hydrogens (tertiary/aromatic N) is 4. The zero-order valence-corrected chi connectivity index (χ0v) is 27.7. The van der Waals surface area contributed by atoms with Crippen LogP contribution in [0.1, 0.15) is 15.9 Å². The number of carbonyl (C=O) groups excluding carboxylic acids is 2. The number of methoxy groups -OCH3 is 1. The molecule has 3 aromatic heterocycles. The number of aromatic nitrogens is 4. The highest BCUT2D eigenvalue weighted by atomic mass is 32.2. The molecule has 1 atom stereocenters. The summed E-state index contributed by atoms with van der Waals surface area (Å²) in [4.78, 5) is 55.6. The Kier molecular flexibility index (Phi) is 9.34. The highest BCUT2D eigenvalue weighted by molar-refractivity contribution is 7.92. The number of hydrogen-bond donors (Lipinski definition) is 2. The number of carbonyl (C=O) groups is 2. The van der Waals surface area contributed by atoms with Crippen LogP contribution in [0.3, 0.4) is 0 Å². The maximum absolute atomic E-state index is 15.2. The quantitative estimate of drug-likeness (QED) is 0.204. The number of benzene rings is 3. The van der Waals surface area contributed by atoms with Gasteiger partial charge < -0.3 is 14.6 Å². The molecule has 3 aromatic carbocycles. The Morgan fingerprint density at radius 1 is 0.922 bits per heavy atom. The van der Waals surface area contributed by atoms with Crippen molar-refractivity contribution < 1.29 is 31.5 Å². The lowest BCUT2D eigenvalue weighted by molar-refractivity contribution is -0.142. The van der Waals surface area contributed by atoms with E-state index in [-0.39, 0.29) is 22.4 Å². The molecule has 13 nitrogen and oxygen atoms in total. The average Bonchev–Trinajstić information content (AvgIpc) is 3.66. The second kappa shape index (κ2) is 13.8. The fraction of sp³-hybridized carbons (Fsp3) is 0.114. The number of halogens is 2. The summed E-state index contributed by atoms with van der Waals surface area (Å²) in [5.41, 5.74) is -0.983. The minimum atomic E-state index is -4.27. The van der Waals surface area contributed by atoms with Gasteiger partial charge in [-0.25, -0.2) is 31.4 Å². The van der Waals surface area contributed by atoms with Gasteiger partial charge >= 0.3 is 11.7 Å². The number of sulfonamides is 1. The second-order valence-corrected chi connectivity index (χ2v) is 13.0. The minimum Gasteiger partial charge on any atom is -0.467 e. The molecule has 0 aliphatic heterocycles. The van der Waals surface area contributed by atoms with E-state index in [9.17, 15) is 27.6 Å². The Hall–Kier alpha value is -6.42. The van der Waals surface area contributed by atoms with Crippen LogP contribution in [0.15, 0.2) is 118 Å². The van der Waals surface area contributed by atoms with Gasteiger partial charge in [0, 0.05) is 37.7 Å². The van der Waals surface area contributed by atoms with Crippen molar-refractivity contribution in [2.75, 3.05) is 11.8 Å². The molecule has 2 N–H and O–H groups in total. The Balaban J connectivity index is 1.19. The third kappa shape index (κ3) is 6.89. The van der Waals surface area contributed by atoms with Crippen molar-refractivity contribution in [1.82, 2.24) is 24.0 Å². The molecule has 260 valence electrons. The van der Waals surface area contributed by atoms with Gasteiger partial charge in [0.15, 0.2) is 0 Å². The Bertz CT molecular complexity index is 2490. The van der Waals surface area contributed by atoms with E-state index in [1.165, 1.54) is 66.5 Å². The monoisotopic (exact) mass is 714 g/mol. The predicted molar refractivity (Wildman–Crippen MR) is 182 cm³/mol. The largest absolute Gasteiger partial charge is 0.467 e. The molecule has 6 rings (SSSR count). The maximum atomic E-state index is 15.2. The zero-order valence-electron chi connectivity index (χ0n) is 26.9. The van der Waals surface area contributed by atoms with Crippen molar-refractivity contribution in [3.05, 3.63) is 147 Å². The Morgan fingerprint density at radius 2 is 1.55 bits per heavy atom. The van der Waals surface area contributed by atoms with Crippen molar-refractivity contribution in [3.8, 4) is 11.4 Å². The first-order valence-corrected chi connectivity index (χ1v) is 16.7. The van der Waals surface area contributed by atoms with Crippen LogP contribution < -0.4 is 21.3 Å². The van der Waals surface area contributed by atoms with Gasteiger partial charge in [-0.2, -0.15) is 0 Å². The highest BCUT2D eigenvalue weighted by Gasteiger charge is 2.27. The molecule has 0 unspecified atom stereocenters. The van der Waals surface area contributed by atoms with Gasteiger partial charge in [-0.05, 0) is 72.3 Å². The summed E-state index contributed by atoms with van der Waals surface area (Å²) in [5, 5.41) is 2.54. The van der Waals surface area contributed by atoms with E-state index in [0.29, 0.717) is 28.9 Å². The molecule has 0 aliphatic rings. The van der Waals surface area contributed by atoms with Crippen LogP contribution in [-0.2, 0) is 33.0 Å². The third-order valence-corrected chi connectivity index (χ3v) is 9.47. The van der Waals surface area contributed by atoms with Crippen LogP contribution >= 0.6 is 0 Å². The number of nitrogens with one attached hydrogen (secondary N) is 2. The summed E-state index contributed by atoms with van der Waals surface area (Å²) < 4.78 is 67.2. The molecule has 6 aromatic rings. The topological polar surface area (TPSA) is 163 Å². The van der Waals surface area contributed by atoms with Crippen molar-refractivity contribution in [2.24, 2.45) is 7.05 Å². The maximum Gasteiger partial charge on any atom is 0.335 e. The number of fused-ring (bicyclic) bond motifs is 1. The smallest absolute Gasteiger partial charge is 0.335 e. The number of ether oxygens (including phenoxy) is 1. The molecule has 0 radical (unpaired) electrons. The van der Waals surface area contributed by atoms with Crippen LogP contribution in [-0.4, -0.2) is 52.1 Å². The molecule has 16 heteroatoms. The lowest BCUT2D eigenvalue weighted by atomic mass is 10.0. The summed E-state index contributed by atoms with van der Waals surface area (Å²) in [6.07, 6.45) is 6.20. The molecule has 1 amide bonds. The fourth-order valence-corrected chi connectivity index (χ4v) is 6.51. The summed E-state index contributed by atoms with van der Waals surface area (Å²) in [5.74, 6) is -5.00. The van der Waals surface area contributed by atoms with Crippen molar-refractivity contribution in [1.29, 1.82) is 0 Å². The average molecular weight is 715 g/mol. The molecule has 3 heterocycles. The van der Waals surface area contributed by atoms with Crippen LogP contribution in [0.25, 0.3) is 22.3 Å². The number of hydrogen-bond acceptors (Lipinski definition) is 8. The van der Waals surface area contributed by atoms with Gasteiger partial charge in [0.05, 0.1) is 40.5 Å². The first-order chi connectivity index (χ1) is 24.4. The van der Waals surface area contributed by atoms with Crippen molar-refractivity contribution in [3.63, 3.8) is 0 Å². The fourth-order valence-electron chi connectivity index (χ4n) is 5.47. The van der Waals surface area contributed by atoms with Gasteiger partial charge in [-0.15, -0.1) is 0 Å². The predicted octanol–water partition coefficient (Wildman–Crippen LogP) is 3.47. The van der Waals surface area contributed by atoms with Gasteiger partial charge in [0.2, 0.25) is 0 Å². The van der Waals surface area contributed by atoms with Crippen molar-refractivity contribution >= 4 is 38.5 Å². The van der Waals surface area contributed by atoms with E-state index in [0.717, 1.165) is 11.7 Å². The summed E-state index contributed by atoms with van der Waals surface area (Å²) in [7, 11) is -1.69. The molecule has 0 bridgehead atoms. The molecular formula is C35H28F2N6O7S. The molecule has 0 spiro atoms. The van der Waals surface area contributed by atoms with E-state index in [4.69, 9.17) is 4.74 Å². The number of aryl methyl sites for hydroxylation is 1. The number of pyridine rings is 1. The molecule has 0 aliphatic carbocycles. The Morgan fingerprint density at radius 3 is 2.18 bits per heavy atom. The van der Waals surface area contributed by atoms with Crippen LogP contribution in [0.5, 0.6) is 0 Å². The molecular weight excluding hydrogens is 686 g/mol. The van der Waals surface area contributed by atoms with E-state index >= 15 is 8.78 Å². The minimum absolute atomic E-state index is 0.167. The Labute approximate surface area is 288 Å². The standard InChI is InChI=1S/C35H28F2N6O7S/c1-41-30-20-38-14-13-26(30)33(45)43(35(41)47)24-7-5-21(6-8-24)17-29(34(46)50-2)39-32(44)31-27(36)18-22(19-28(31)37)40-51(48,49)25-11-9-23(10-12-25)42-15-3-4-16-42/h3-16,18-20,29,40H,17H2,1-2H3,(H,39,44)/t29-/m0/s1. The third-order valence-electron chi connectivity index (χ3n) is 8.07. The summed E-state index contributed by atoms with van der Waals surface area (Å²) in [6.45, 7) is 0. The van der Waals surface area contributed by atoms with E-state index in [2.05, 4.69) is 15.0 Å². The van der Waals surface area contributed by atoms with Gasteiger partial charge in [-0.1, -0.05) is 12.1 Å². The van der Waals surface area contributed by atoms with Gasteiger partial charge in [0.25, 0.3) is 21.5 Å². The van der Waals surface area contributed by atoms with Crippen LogP contribution in [0.2, 0.25) is 0 Å². The highest BCUT2D eigenvalue weighted by Crippen LogP contribution is 2.23. The number of amides is 1. The molecule has 0 fully saturated rings.